The predicted octanol–water partition coefficient (Wildman–Crippen LogP) is 3.59. The van der Waals surface area contributed by atoms with Crippen LogP contribution in [0.4, 0.5) is 0 Å². The van der Waals surface area contributed by atoms with Crippen LogP contribution < -0.4 is 0 Å². The smallest absolute Gasteiger partial charge is 0.289 e. The van der Waals surface area contributed by atoms with E-state index in [0.717, 1.165) is 21.6 Å². The van der Waals surface area contributed by atoms with Gasteiger partial charge in [-0.15, -0.1) is 11.3 Å². The highest BCUT2D eigenvalue weighted by molar-refractivity contribution is 7.20. The fourth-order valence-corrected chi connectivity index (χ4v) is 4.87. The Labute approximate surface area is 177 Å². The number of carbonyl (C=O) groups excluding carboxylic acids is 2. The van der Waals surface area contributed by atoms with E-state index in [1.165, 1.54) is 17.6 Å². The van der Waals surface area contributed by atoms with Gasteiger partial charge in [0.1, 0.15) is 4.83 Å². The monoisotopic (exact) mass is 420 g/mol. The number of piperazine rings is 1. The van der Waals surface area contributed by atoms with Crippen molar-refractivity contribution in [2.45, 2.75) is 6.92 Å². The summed E-state index contributed by atoms with van der Waals surface area (Å²) >= 11 is 1.46. The van der Waals surface area contributed by atoms with Crippen LogP contribution in [0, 0.1) is 6.92 Å². The van der Waals surface area contributed by atoms with E-state index >= 15 is 0 Å². The summed E-state index contributed by atoms with van der Waals surface area (Å²) in [4.78, 5) is 30.7. The number of rotatable bonds is 3. The van der Waals surface area contributed by atoms with E-state index in [1.807, 2.05) is 52.9 Å². The van der Waals surface area contributed by atoms with Gasteiger partial charge in [-0.2, -0.15) is 5.10 Å². The SMILES string of the molecule is Cc1nn(-c2ccccc2)c2sc(C(=O)N3CCN(C(=O)c4ccco4)CC3)cc12. The number of aryl methyl sites for hydroxylation is 1. The first-order valence-corrected chi connectivity index (χ1v) is 10.6. The number of thiophene rings is 1. The van der Waals surface area contributed by atoms with Crippen molar-refractivity contribution < 1.29 is 14.0 Å². The van der Waals surface area contributed by atoms with Crippen LogP contribution in [-0.2, 0) is 0 Å². The molecule has 0 saturated carbocycles. The van der Waals surface area contributed by atoms with E-state index in [0.29, 0.717) is 36.8 Å². The molecule has 0 aliphatic carbocycles. The molecule has 1 saturated heterocycles. The molecule has 1 aliphatic heterocycles. The van der Waals surface area contributed by atoms with Crippen molar-refractivity contribution >= 4 is 33.4 Å². The minimum Gasteiger partial charge on any atom is -0.459 e. The van der Waals surface area contributed by atoms with Gasteiger partial charge < -0.3 is 14.2 Å². The van der Waals surface area contributed by atoms with Crippen molar-refractivity contribution in [1.82, 2.24) is 19.6 Å². The molecule has 3 aromatic heterocycles. The van der Waals surface area contributed by atoms with Crippen molar-refractivity contribution in [2.24, 2.45) is 0 Å². The number of benzene rings is 1. The van der Waals surface area contributed by atoms with Crippen LogP contribution >= 0.6 is 11.3 Å². The maximum absolute atomic E-state index is 13.1. The molecule has 30 heavy (non-hydrogen) atoms. The Hall–Kier alpha value is -3.39. The van der Waals surface area contributed by atoms with Gasteiger partial charge in [-0.1, -0.05) is 18.2 Å². The average Bonchev–Trinajstić information content (AvgIpc) is 3.52. The Morgan fingerprint density at radius 1 is 0.967 bits per heavy atom. The van der Waals surface area contributed by atoms with Crippen molar-refractivity contribution in [3.63, 3.8) is 0 Å². The lowest BCUT2D eigenvalue weighted by Gasteiger charge is -2.34. The summed E-state index contributed by atoms with van der Waals surface area (Å²) in [5, 5.41) is 5.63. The van der Waals surface area contributed by atoms with E-state index in [1.54, 1.807) is 17.0 Å². The first-order valence-electron chi connectivity index (χ1n) is 9.78. The van der Waals surface area contributed by atoms with Crippen LogP contribution in [0.15, 0.2) is 59.2 Å². The normalized spacial score (nSPS) is 14.4. The molecule has 0 N–H and O–H groups in total. The van der Waals surface area contributed by atoms with Crippen LogP contribution in [0.25, 0.3) is 15.9 Å². The van der Waals surface area contributed by atoms with Gasteiger partial charge in [0.05, 0.1) is 22.5 Å². The molecule has 152 valence electrons. The topological polar surface area (TPSA) is 71.6 Å². The van der Waals surface area contributed by atoms with E-state index in [9.17, 15) is 9.59 Å². The van der Waals surface area contributed by atoms with Gasteiger partial charge in [-0.3, -0.25) is 9.59 Å². The van der Waals surface area contributed by atoms with Crippen molar-refractivity contribution in [3.05, 3.63) is 71.1 Å². The molecular formula is C22H20N4O3S. The minimum absolute atomic E-state index is 0.000286. The maximum atomic E-state index is 13.1. The van der Waals surface area contributed by atoms with Crippen LogP contribution in [0.2, 0.25) is 0 Å². The van der Waals surface area contributed by atoms with E-state index in [4.69, 9.17) is 4.42 Å². The van der Waals surface area contributed by atoms with Gasteiger partial charge in [0.2, 0.25) is 0 Å². The molecule has 8 heteroatoms. The number of amides is 2. The van der Waals surface area contributed by atoms with Gasteiger partial charge in [0.25, 0.3) is 11.8 Å². The number of nitrogens with zero attached hydrogens (tertiary/aromatic N) is 4. The Bertz CT molecular complexity index is 1200. The second-order valence-corrected chi connectivity index (χ2v) is 8.25. The second kappa shape index (κ2) is 7.46. The number of carbonyl (C=O) groups is 2. The largest absolute Gasteiger partial charge is 0.459 e. The highest BCUT2D eigenvalue weighted by atomic mass is 32.1. The Balaban J connectivity index is 1.34. The molecule has 0 bridgehead atoms. The van der Waals surface area contributed by atoms with Crippen LogP contribution in [0.5, 0.6) is 0 Å². The molecule has 4 aromatic rings. The van der Waals surface area contributed by atoms with E-state index < -0.39 is 0 Å². The lowest BCUT2D eigenvalue weighted by atomic mass is 10.2. The zero-order valence-electron chi connectivity index (χ0n) is 16.4. The molecule has 4 heterocycles. The lowest BCUT2D eigenvalue weighted by Crippen LogP contribution is -2.50. The first-order chi connectivity index (χ1) is 14.6. The summed E-state index contributed by atoms with van der Waals surface area (Å²) in [6.07, 6.45) is 1.49. The molecule has 1 aromatic carbocycles. The number of hydrogen-bond acceptors (Lipinski definition) is 5. The number of furan rings is 1. The summed E-state index contributed by atoms with van der Waals surface area (Å²) in [5.41, 5.74) is 1.87. The number of hydrogen-bond donors (Lipinski definition) is 0. The lowest BCUT2D eigenvalue weighted by molar-refractivity contribution is 0.0520. The van der Waals surface area contributed by atoms with Crippen LogP contribution in [0.1, 0.15) is 25.9 Å². The molecule has 5 rings (SSSR count). The fourth-order valence-electron chi connectivity index (χ4n) is 3.72. The summed E-state index contributed by atoms with van der Waals surface area (Å²) in [7, 11) is 0. The highest BCUT2D eigenvalue weighted by Gasteiger charge is 2.28. The summed E-state index contributed by atoms with van der Waals surface area (Å²) in [5.74, 6) is 0.202. The Morgan fingerprint density at radius 3 is 2.33 bits per heavy atom. The van der Waals surface area contributed by atoms with Gasteiger partial charge in [-0.05, 0) is 37.3 Å². The van der Waals surface area contributed by atoms with Crippen molar-refractivity contribution in [2.75, 3.05) is 26.2 Å². The zero-order valence-corrected chi connectivity index (χ0v) is 17.3. The molecule has 0 unspecified atom stereocenters. The zero-order chi connectivity index (χ0) is 20.7. The number of para-hydroxylation sites is 1. The Morgan fingerprint density at radius 2 is 1.67 bits per heavy atom. The standard InChI is InChI=1S/C22H20N4O3S/c1-15-17-14-19(30-22(17)26(23-15)16-6-3-2-4-7-16)21(28)25-11-9-24(10-12-25)20(27)18-8-5-13-29-18/h2-8,13-14H,9-12H2,1H3. The summed E-state index contributed by atoms with van der Waals surface area (Å²) in [6, 6.07) is 15.2. The molecule has 0 radical (unpaired) electrons. The number of aromatic nitrogens is 2. The van der Waals surface area contributed by atoms with Crippen LogP contribution in [-0.4, -0.2) is 57.6 Å². The summed E-state index contributed by atoms with van der Waals surface area (Å²) < 4.78 is 7.09. The third-order valence-corrected chi connectivity index (χ3v) is 6.44. The van der Waals surface area contributed by atoms with Crippen LogP contribution in [0.3, 0.4) is 0 Å². The maximum Gasteiger partial charge on any atom is 0.289 e. The molecular weight excluding hydrogens is 400 g/mol. The average molecular weight is 420 g/mol. The minimum atomic E-state index is -0.132. The van der Waals surface area contributed by atoms with Crippen molar-refractivity contribution in [1.29, 1.82) is 0 Å². The van der Waals surface area contributed by atoms with Crippen molar-refractivity contribution in [3.8, 4) is 5.69 Å². The van der Waals surface area contributed by atoms with Gasteiger partial charge in [-0.25, -0.2) is 4.68 Å². The number of fused-ring (bicyclic) bond motifs is 1. The fraction of sp³-hybridized carbons (Fsp3) is 0.227. The van der Waals surface area contributed by atoms with E-state index in [-0.39, 0.29) is 11.8 Å². The third-order valence-electron chi connectivity index (χ3n) is 5.34. The molecule has 1 aliphatic rings. The summed E-state index contributed by atoms with van der Waals surface area (Å²) in [6.45, 7) is 3.95. The van der Waals surface area contributed by atoms with Gasteiger partial charge in [0, 0.05) is 31.6 Å². The van der Waals surface area contributed by atoms with Gasteiger partial charge >= 0.3 is 0 Å². The molecule has 0 atom stereocenters. The second-order valence-electron chi connectivity index (χ2n) is 7.22. The quantitative estimate of drug-likeness (QED) is 0.508. The molecule has 2 amide bonds. The van der Waals surface area contributed by atoms with Gasteiger partial charge in [0.15, 0.2) is 5.76 Å². The molecule has 7 nitrogen and oxygen atoms in total. The Kier molecular flexibility index (Phi) is 4.63. The predicted molar refractivity (Wildman–Crippen MR) is 114 cm³/mol. The third kappa shape index (κ3) is 3.19. The first kappa shape index (κ1) is 18.6. The molecule has 1 fully saturated rings. The highest BCUT2D eigenvalue weighted by Crippen LogP contribution is 2.31. The molecule has 0 spiro atoms. The van der Waals surface area contributed by atoms with E-state index in [2.05, 4.69) is 5.10 Å².